The van der Waals surface area contributed by atoms with E-state index < -0.39 is 141 Å². The largest absolute Gasteiger partial charge is 0.504 e. The monoisotopic (exact) mass is 998 g/mol. The molecule has 396 valence electrons. The Bertz CT molecular complexity index is 1940. The molecule has 21 nitrogen and oxygen atoms in total. The van der Waals surface area contributed by atoms with Crippen LogP contribution in [0.25, 0.3) is 6.08 Å². The third kappa shape index (κ3) is 14.4. The van der Waals surface area contributed by atoms with Gasteiger partial charge in [0.2, 0.25) is 0 Å². The number of rotatable bonds is 20. The standard InChI is InChI=1S/C49H74O21/c1-10-49(8,20-12-15-24(4)14-11-13-23(2)3)70-48-44(69-47-41(60)38(57)43(27(7)65-47)68-46-39(58)35(54)33(52)25(5)63-46)36(55)34(53)31(66-48)22-62-45-40(59)37(56)42(26(6)64-45)67-32(51)19-17-28-16-18-29(50)30(21-28)61-9/h10,13,15-19,21,25-27,31,33-48,50,52-60H,1,11-12,14,20,22H2,2-9H3. The van der Waals surface area contributed by atoms with Crippen molar-refractivity contribution in [2.45, 2.75) is 203 Å². The molecule has 4 aliphatic heterocycles. The van der Waals surface area contributed by atoms with E-state index in [0.717, 1.165) is 24.5 Å². The first kappa shape index (κ1) is 57.5. The van der Waals surface area contributed by atoms with Crippen LogP contribution in [0.2, 0.25) is 0 Å². The smallest absolute Gasteiger partial charge is 0.331 e. The minimum Gasteiger partial charge on any atom is -0.504 e. The van der Waals surface area contributed by atoms with Gasteiger partial charge < -0.3 is 98.4 Å². The summed E-state index contributed by atoms with van der Waals surface area (Å²) in [5.74, 6) is -0.788. The first-order chi connectivity index (χ1) is 33.0. The number of hydrogen-bond donors (Lipinski definition) is 10. The van der Waals surface area contributed by atoms with Crippen LogP contribution in [-0.2, 0) is 47.4 Å². The summed E-state index contributed by atoms with van der Waals surface area (Å²) in [5.41, 5.74) is 1.71. The van der Waals surface area contributed by atoms with Crippen LogP contribution in [-0.4, -0.2) is 199 Å². The zero-order valence-electron chi connectivity index (χ0n) is 40.9. The molecule has 1 aromatic carbocycles. The van der Waals surface area contributed by atoms with Crippen molar-refractivity contribution in [3.8, 4) is 11.5 Å². The van der Waals surface area contributed by atoms with Gasteiger partial charge in [-0.2, -0.15) is 0 Å². The topological polar surface area (TPSA) is 312 Å². The van der Waals surface area contributed by atoms with Crippen LogP contribution >= 0.6 is 0 Å². The second-order valence-electron chi connectivity index (χ2n) is 18.8. The minimum absolute atomic E-state index is 0.0950. The van der Waals surface area contributed by atoms with Crippen molar-refractivity contribution in [3.05, 3.63) is 65.8 Å². The average molecular weight is 999 g/mol. The second kappa shape index (κ2) is 25.5. The van der Waals surface area contributed by atoms with Gasteiger partial charge in [-0.15, -0.1) is 6.58 Å². The van der Waals surface area contributed by atoms with E-state index in [1.807, 2.05) is 20.8 Å². The molecular formula is C49H74O21. The van der Waals surface area contributed by atoms with Crippen LogP contribution < -0.4 is 4.74 Å². The lowest BCUT2D eigenvalue weighted by Gasteiger charge is -2.49. The maximum Gasteiger partial charge on any atom is 0.331 e. The Balaban J connectivity index is 1.28. The van der Waals surface area contributed by atoms with Gasteiger partial charge in [0.1, 0.15) is 73.2 Å². The number of hydrogen-bond acceptors (Lipinski definition) is 21. The fraction of sp³-hybridized carbons (Fsp3) is 0.694. The number of phenolic OH excluding ortho intramolecular Hbond substituents is 1. The van der Waals surface area contributed by atoms with Crippen LogP contribution in [0.5, 0.6) is 11.5 Å². The van der Waals surface area contributed by atoms with E-state index in [0.29, 0.717) is 18.4 Å². The lowest BCUT2D eigenvalue weighted by molar-refractivity contribution is -0.388. The Labute approximate surface area is 408 Å². The van der Waals surface area contributed by atoms with Gasteiger partial charge in [-0.25, -0.2) is 4.79 Å². The molecule has 0 spiro atoms. The third-order valence-electron chi connectivity index (χ3n) is 12.9. The molecule has 4 saturated heterocycles. The second-order valence-corrected chi connectivity index (χ2v) is 18.8. The third-order valence-corrected chi connectivity index (χ3v) is 12.9. The fourth-order valence-corrected chi connectivity index (χ4v) is 8.43. The van der Waals surface area contributed by atoms with Crippen LogP contribution in [0.1, 0.15) is 79.7 Å². The van der Waals surface area contributed by atoms with Crippen LogP contribution in [0.15, 0.2) is 60.2 Å². The van der Waals surface area contributed by atoms with Gasteiger partial charge in [-0.05, 0) is 97.9 Å². The molecule has 21 atom stereocenters. The Kier molecular flexibility index (Phi) is 20.9. The number of benzene rings is 1. The Morgan fingerprint density at radius 1 is 0.700 bits per heavy atom. The van der Waals surface area contributed by atoms with Crippen molar-refractivity contribution in [1.82, 2.24) is 0 Å². The van der Waals surface area contributed by atoms with Gasteiger partial charge in [-0.3, -0.25) is 0 Å². The highest BCUT2D eigenvalue weighted by Gasteiger charge is 2.54. The van der Waals surface area contributed by atoms with E-state index in [-0.39, 0.29) is 11.5 Å². The normalized spacial score (nSPS) is 39.2. The summed E-state index contributed by atoms with van der Waals surface area (Å²) >= 11 is 0. The van der Waals surface area contributed by atoms with Gasteiger partial charge in [0.15, 0.2) is 42.8 Å². The highest BCUT2D eigenvalue weighted by atomic mass is 16.8. The molecule has 4 fully saturated rings. The van der Waals surface area contributed by atoms with E-state index in [4.69, 9.17) is 47.4 Å². The van der Waals surface area contributed by atoms with Crippen molar-refractivity contribution in [1.29, 1.82) is 0 Å². The van der Waals surface area contributed by atoms with Crippen LogP contribution in [0.4, 0.5) is 0 Å². The maximum atomic E-state index is 12.8. The Morgan fingerprint density at radius 3 is 1.94 bits per heavy atom. The predicted molar refractivity (Wildman–Crippen MR) is 246 cm³/mol. The minimum atomic E-state index is -1.88. The molecule has 5 rings (SSSR count). The number of esters is 1. The first-order valence-corrected chi connectivity index (χ1v) is 23.5. The van der Waals surface area contributed by atoms with Crippen molar-refractivity contribution in [3.63, 3.8) is 0 Å². The molecule has 0 aromatic heterocycles. The van der Waals surface area contributed by atoms with Crippen LogP contribution in [0, 0.1) is 0 Å². The SMILES string of the molecule is C=CC(C)(CCC=C(C)CCC=C(C)C)OC1OC(COC2OC(C)C(OC(=O)C=Cc3ccc(O)c(OC)c3)C(O)C2O)C(O)C(O)C1OC1OC(C)C(OC2OC(C)C(O)C(O)C2O)C(O)C1O. The number of aliphatic hydroxyl groups is 9. The summed E-state index contributed by atoms with van der Waals surface area (Å²) in [4.78, 5) is 12.8. The van der Waals surface area contributed by atoms with E-state index in [9.17, 15) is 55.9 Å². The molecule has 0 bridgehead atoms. The van der Waals surface area contributed by atoms with Gasteiger partial charge in [0, 0.05) is 6.08 Å². The van der Waals surface area contributed by atoms with Gasteiger partial charge in [0.25, 0.3) is 0 Å². The molecule has 0 amide bonds. The highest BCUT2D eigenvalue weighted by molar-refractivity contribution is 5.87. The van der Waals surface area contributed by atoms with Crippen molar-refractivity contribution >= 4 is 12.0 Å². The number of phenols is 1. The van der Waals surface area contributed by atoms with Gasteiger partial charge in [0.05, 0.1) is 37.6 Å². The lowest BCUT2D eigenvalue weighted by atomic mass is 9.95. The maximum absolute atomic E-state index is 12.8. The van der Waals surface area contributed by atoms with Gasteiger partial charge >= 0.3 is 5.97 Å². The Hall–Kier alpha value is -3.43. The van der Waals surface area contributed by atoms with Crippen LogP contribution in [0.3, 0.4) is 0 Å². The quantitative estimate of drug-likeness (QED) is 0.0490. The molecule has 4 aliphatic rings. The summed E-state index contributed by atoms with van der Waals surface area (Å²) < 4.78 is 58.3. The molecule has 70 heavy (non-hydrogen) atoms. The molecule has 0 aliphatic carbocycles. The van der Waals surface area contributed by atoms with Crippen molar-refractivity contribution in [2.75, 3.05) is 13.7 Å². The molecule has 21 unspecified atom stereocenters. The summed E-state index contributed by atoms with van der Waals surface area (Å²) in [7, 11) is 1.37. The van der Waals surface area contributed by atoms with E-state index in [2.05, 4.69) is 18.7 Å². The number of aromatic hydroxyl groups is 1. The average Bonchev–Trinajstić information content (AvgIpc) is 3.31. The number of methoxy groups -OCH3 is 1. The van der Waals surface area contributed by atoms with E-state index in [1.165, 1.54) is 57.7 Å². The summed E-state index contributed by atoms with van der Waals surface area (Å²) in [6.07, 6.45) is -19.8. The van der Waals surface area contributed by atoms with Gasteiger partial charge in [-0.1, -0.05) is 35.4 Å². The summed E-state index contributed by atoms with van der Waals surface area (Å²) in [6.45, 7) is 15.6. The number of aliphatic hydroxyl groups excluding tert-OH is 9. The first-order valence-electron chi connectivity index (χ1n) is 23.5. The number of ether oxygens (including phenoxy) is 10. The number of carbonyl (C=O) groups excluding carboxylic acids is 1. The molecule has 21 heteroatoms. The molecule has 0 saturated carbocycles. The van der Waals surface area contributed by atoms with Crippen molar-refractivity contribution in [2.24, 2.45) is 0 Å². The molecule has 10 N–H and O–H groups in total. The molecule has 4 heterocycles. The number of carbonyl (C=O) groups is 1. The van der Waals surface area contributed by atoms with E-state index >= 15 is 0 Å². The zero-order chi connectivity index (χ0) is 51.8. The molecular weight excluding hydrogens is 925 g/mol. The van der Waals surface area contributed by atoms with E-state index in [1.54, 1.807) is 13.0 Å². The molecule has 1 aromatic rings. The highest BCUT2D eigenvalue weighted by Crippen LogP contribution is 2.36. The number of allylic oxidation sites excluding steroid dienone is 4. The summed E-state index contributed by atoms with van der Waals surface area (Å²) in [6, 6.07) is 4.41. The lowest BCUT2D eigenvalue weighted by Crippen LogP contribution is -2.66. The van der Waals surface area contributed by atoms with Crippen molar-refractivity contribution < 1.29 is 103 Å². The zero-order valence-corrected chi connectivity index (χ0v) is 40.9. The molecule has 0 radical (unpaired) electrons. The summed E-state index contributed by atoms with van der Waals surface area (Å²) in [5, 5.41) is 109. The predicted octanol–water partition coefficient (Wildman–Crippen LogP) is 0.754. The fourth-order valence-electron chi connectivity index (χ4n) is 8.43. The Morgan fingerprint density at radius 2 is 1.29 bits per heavy atom.